The first-order valence-electron chi connectivity index (χ1n) is 18.3. The molecule has 0 saturated heterocycles. The normalized spacial score (nSPS) is 10.5. The van der Waals surface area contributed by atoms with Gasteiger partial charge in [-0.2, -0.15) is 0 Å². The Bertz CT molecular complexity index is 2700. The molecule has 3 N–H and O–H groups in total. The number of nitrogens with one attached hydrogen (secondary N) is 3. The summed E-state index contributed by atoms with van der Waals surface area (Å²) >= 11 is 0. The number of hydrogen-bond acceptors (Lipinski definition) is 6. The van der Waals surface area contributed by atoms with E-state index in [4.69, 9.17) is 14.2 Å². The Hall–Kier alpha value is -7.65. The molecule has 0 spiro atoms. The Kier molecular flexibility index (Phi) is 12.3. The maximum atomic E-state index is 11.0. The third kappa shape index (κ3) is 9.36. The highest BCUT2D eigenvalue weighted by atomic mass is 16.5. The van der Waals surface area contributed by atoms with E-state index in [0.717, 1.165) is 85.5 Å². The predicted octanol–water partition coefficient (Wildman–Crippen LogP) is 10.7. The van der Waals surface area contributed by atoms with Crippen molar-refractivity contribution in [3.8, 4) is 17.2 Å². The fourth-order valence-electron chi connectivity index (χ4n) is 6.28. The zero-order valence-corrected chi connectivity index (χ0v) is 30.9. The molecule has 0 bridgehead atoms. The number of hydrogen-bond donors (Lipinski definition) is 3. The van der Waals surface area contributed by atoms with Gasteiger partial charge < -0.3 is 29.2 Å². The zero-order chi connectivity index (χ0) is 39.2. The van der Waals surface area contributed by atoms with Gasteiger partial charge in [-0.05, 0) is 47.0 Å². The first-order valence-corrected chi connectivity index (χ1v) is 18.3. The molecule has 57 heavy (non-hydrogen) atoms. The number of H-pyrrole nitrogens is 3. The highest BCUT2D eigenvalue weighted by Crippen LogP contribution is 2.29. The van der Waals surface area contributed by atoms with Gasteiger partial charge in [0.15, 0.2) is 18.9 Å². The quantitative estimate of drug-likeness (QED) is 0.107. The van der Waals surface area contributed by atoms with Crippen molar-refractivity contribution in [1.29, 1.82) is 0 Å². The summed E-state index contributed by atoms with van der Waals surface area (Å²) in [4.78, 5) is 42.0. The van der Waals surface area contributed by atoms with Crippen molar-refractivity contribution < 1.29 is 28.6 Å². The first-order chi connectivity index (χ1) is 28.1. The van der Waals surface area contributed by atoms with Gasteiger partial charge in [-0.25, -0.2) is 0 Å². The zero-order valence-electron chi connectivity index (χ0n) is 30.9. The molecule has 0 unspecified atom stereocenters. The van der Waals surface area contributed by atoms with Crippen LogP contribution in [0.15, 0.2) is 164 Å². The average molecular weight is 754 g/mol. The lowest BCUT2D eigenvalue weighted by atomic mass is 10.1. The maximum Gasteiger partial charge on any atom is 0.152 e. The number of rotatable bonds is 12. The van der Waals surface area contributed by atoms with Crippen LogP contribution in [0.1, 0.15) is 47.8 Å². The van der Waals surface area contributed by atoms with E-state index in [1.807, 2.05) is 146 Å². The van der Waals surface area contributed by atoms with E-state index in [9.17, 15) is 14.4 Å². The summed E-state index contributed by atoms with van der Waals surface area (Å²) in [6.45, 7) is 1.53. The maximum absolute atomic E-state index is 11.0. The monoisotopic (exact) mass is 753 g/mol. The molecule has 0 fully saturated rings. The third-order valence-corrected chi connectivity index (χ3v) is 9.20. The van der Waals surface area contributed by atoms with Crippen LogP contribution in [-0.4, -0.2) is 33.8 Å². The molecule has 0 aliphatic rings. The Morgan fingerprint density at radius 2 is 0.930 bits per heavy atom. The summed E-state index contributed by atoms with van der Waals surface area (Å²) in [7, 11) is 0. The van der Waals surface area contributed by atoms with Crippen LogP contribution in [0.4, 0.5) is 0 Å². The number of para-hydroxylation sites is 1. The number of ether oxygens (including phenoxy) is 3. The summed E-state index contributed by atoms with van der Waals surface area (Å²) in [5.74, 6) is 2.27. The molecule has 9 heteroatoms. The number of aromatic amines is 3. The smallest absolute Gasteiger partial charge is 0.152 e. The Balaban J connectivity index is 0.000000131. The van der Waals surface area contributed by atoms with E-state index in [2.05, 4.69) is 15.0 Å². The van der Waals surface area contributed by atoms with Crippen LogP contribution in [-0.2, 0) is 19.8 Å². The second-order valence-corrected chi connectivity index (χ2v) is 13.0. The molecule has 0 amide bonds. The van der Waals surface area contributed by atoms with Gasteiger partial charge in [-0.1, -0.05) is 109 Å². The van der Waals surface area contributed by atoms with Gasteiger partial charge in [0.05, 0.1) is 10.9 Å². The highest BCUT2D eigenvalue weighted by Gasteiger charge is 2.10. The summed E-state index contributed by atoms with van der Waals surface area (Å²) in [6, 6.07) is 47.1. The SMILES string of the molecule is O=Cc1c[nH]c2c(OCc3ccccc3)cccc12.O=Cc1c[nH]c2cc(OCc3ccccc3)ccc12.O=Cc1c[nH]c2cccc(OCc3ccccc3)c12. The van der Waals surface area contributed by atoms with E-state index >= 15 is 0 Å². The fourth-order valence-corrected chi connectivity index (χ4v) is 6.28. The molecule has 9 aromatic rings. The molecule has 0 aliphatic heterocycles. The standard InChI is InChI=1S/3C16H13NO2/c18-10-13-9-17-14-7-4-8-15(16(13)14)19-11-12-5-2-1-3-6-12;18-10-13-9-17-16-14(13)7-4-8-15(16)19-11-12-5-2-1-3-6-12;18-10-13-9-17-16-8-14(6-7-15(13)16)19-11-12-4-2-1-3-5-12/h3*1-10,17H,11H2. The minimum absolute atomic E-state index is 0.490. The van der Waals surface area contributed by atoms with Crippen LogP contribution in [0.5, 0.6) is 17.2 Å². The van der Waals surface area contributed by atoms with Crippen LogP contribution in [0.3, 0.4) is 0 Å². The van der Waals surface area contributed by atoms with E-state index in [-0.39, 0.29) is 0 Å². The van der Waals surface area contributed by atoms with E-state index in [1.165, 1.54) is 0 Å². The molecule has 3 heterocycles. The van der Waals surface area contributed by atoms with E-state index in [0.29, 0.717) is 36.5 Å². The number of carbonyl (C=O) groups is 3. The van der Waals surface area contributed by atoms with Gasteiger partial charge in [0.2, 0.25) is 0 Å². The third-order valence-electron chi connectivity index (χ3n) is 9.20. The molecule has 9 rings (SSSR count). The van der Waals surface area contributed by atoms with Crippen LogP contribution in [0.25, 0.3) is 32.7 Å². The predicted molar refractivity (Wildman–Crippen MR) is 223 cm³/mol. The summed E-state index contributed by atoms with van der Waals surface area (Å²) in [6.07, 6.45) is 7.65. The second kappa shape index (κ2) is 18.6. The summed E-state index contributed by atoms with van der Waals surface area (Å²) in [5.41, 5.74) is 7.97. The van der Waals surface area contributed by atoms with Crippen molar-refractivity contribution >= 4 is 51.6 Å². The highest BCUT2D eigenvalue weighted by molar-refractivity contribution is 6.01. The van der Waals surface area contributed by atoms with Crippen molar-refractivity contribution in [3.05, 3.63) is 198 Å². The van der Waals surface area contributed by atoms with Gasteiger partial charge in [-0.3, -0.25) is 14.4 Å². The van der Waals surface area contributed by atoms with Crippen molar-refractivity contribution in [1.82, 2.24) is 15.0 Å². The minimum Gasteiger partial charge on any atom is -0.489 e. The van der Waals surface area contributed by atoms with Crippen molar-refractivity contribution in [3.63, 3.8) is 0 Å². The molecule has 9 nitrogen and oxygen atoms in total. The molecular formula is C48H39N3O6. The molecular weight excluding hydrogens is 715 g/mol. The number of aldehydes is 3. The van der Waals surface area contributed by atoms with Gasteiger partial charge in [0, 0.05) is 63.2 Å². The Labute approximate surface area is 328 Å². The summed E-state index contributed by atoms with van der Waals surface area (Å²) < 4.78 is 17.4. The number of benzene rings is 6. The van der Waals surface area contributed by atoms with Crippen LogP contribution in [0.2, 0.25) is 0 Å². The van der Waals surface area contributed by atoms with Crippen LogP contribution in [0, 0.1) is 0 Å². The second-order valence-electron chi connectivity index (χ2n) is 13.0. The Morgan fingerprint density at radius 3 is 1.56 bits per heavy atom. The molecule has 0 saturated carbocycles. The molecule has 282 valence electrons. The molecule has 0 aliphatic carbocycles. The topological polar surface area (TPSA) is 126 Å². The lowest BCUT2D eigenvalue weighted by molar-refractivity contribution is 0.111. The lowest BCUT2D eigenvalue weighted by Gasteiger charge is -2.08. The fraction of sp³-hybridized carbons (Fsp3) is 0.0625. The largest absolute Gasteiger partial charge is 0.489 e. The van der Waals surface area contributed by atoms with Crippen LogP contribution < -0.4 is 14.2 Å². The van der Waals surface area contributed by atoms with Gasteiger partial charge in [0.25, 0.3) is 0 Å². The molecule has 3 aromatic heterocycles. The van der Waals surface area contributed by atoms with Crippen molar-refractivity contribution in [2.45, 2.75) is 19.8 Å². The van der Waals surface area contributed by atoms with E-state index < -0.39 is 0 Å². The number of fused-ring (bicyclic) bond motifs is 3. The average Bonchev–Trinajstić information content (AvgIpc) is 4.03. The van der Waals surface area contributed by atoms with Gasteiger partial charge in [0.1, 0.15) is 37.1 Å². The van der Waals surface area contributed by atoms with Gasteiger partial charge in [-0.15, -0.1) is 0 Å². The first kappa shape index (κ1) is 37.7. The Morgan fingerprint density at radius 1 is 0.421 bits per heavy atom. The number of aromatic nitrogens is 3. The summed E-state index contributed by atoms with van der Waals surface area (Å²) in [5, 5.41) is 2.65. The van der Waals surface area contributed by atoms with Gasteiger partial charge >= 0.3 is 0 Å². The molecule has 6 aromatic carbocycles. The molecule has 0 atom stereocenters. The number of carbonyl (C=O) groups excluding carboxylic acids is 3. The van der Waals surface area contributed by atoms with Crippen molar-refractivity contribution in [2.24, 2.45) is 0 Å². The van der Waals surface area contributed by atoms with E-state index in [1.54, 1.807) is 18.6 Å². The minimum atomic E-state index is 0.490. The lowest BCUT2D eigenvalue weighted by Crippen LogP contribution is -1.95. The molecule has 0 radical (unpaired) electrons. The van der Waals surface area contributed by atoms with Crippen molar-refractivity contribution in [2.75, 3.05) is 0 Å². The van der Waals surface area contributed by atoms with Crippen LogP contribution >= 0.6 is 0 Å².